The molecule has 0 saturated carbocycles. The lowest BCUT2D eigenvalue weighted by Gasteiger charge is -2.03. The Hall–Kier alpha value is -1.51. The third kappa shape index (κ3) is 1.16. The molecule has 3 nitrogen and oxygen atoms in total. The lowest BCUT2D eigenvalue weighted by atomic mass is 10.3. The van der Waals surface area contributed by atoms with Crippen molar-refractivity contribution in [1.82, 2.24) is 9.38 Å². The summed E-state index contributed by atoms with van der Waals surface area (Å²) in [7, 11) is 1.92. The molecule has 2 rings (SSSR count). The summed E-state index contributed by atoms with van der Waals surface area (Å²) < 4.78 is 2.12. The molecule has 2 aromatic rings. The number of hydrogen-bond acceptors (Lipinski definition) is 2. The van der Waals surface area contributed by atoms with Crippen LogP contribution in [0.2, 0.25) is 0 Å². The van der Waals surface area contributed by atoms with E-state index in [1.54, 1.807) is 0 Å². The molecule has 2 heterocycles. The lowest BCUT2D eigenvalue weighted by Crippen LogP contribution is -1.95. The monoisotopic (exact) mass is 175 g/mol. The van der Waals surface area contributed by atoms with Crippen molar-refractivity contribution in [2.24, 2.45) is 0 Å². The predicted octanol–water partition coefficient (Wildman–Crippen LogP) is 1.94. The number of anilines is 1. The van der Waals surface area contributed by atoms with E-state index in [-0.39, 0.29) is 0 Å². The summed E-state index contributed by atoms with van der Waals surface area (Å²) in [6.45, 7) is 2.11. The van der Waals surface area contributed by atoms with Gasteiger partial charge >= 0.3 is 0 Å². The van der Waals surface area contributed by atoms with Gasteiger partial charge in [-0.25, -0.2) is 4.98 Å². The number of aryl methyl sites for hydroxylation is 1. The second-order valence-electron chi connectivity index (χ2n) is 2.96. The maximum Gasteiger partial charge on any atom is 0.112 e. The van der Waals surface area contributed by atoms with Gasteiger partial charge in [0.05, 0.1) is 17.4 Å². The Bertz CT molecular complexity index is 417. The van der Waals surface area contributed by atoms with Gasteiger partial charge in [-0.1, -0.05) is 6.92 Å². The third-order valence-corrected chi connectivity index (χ3v) is 2.23. The van der Waals surface area contributed by atoms with Gasteiger partial charge in [0.2, 0.25) is 0 Å². The van der Waals surface area contributed by atoms with E-state index < -0.39 is 0 Å². The van der Waals surface area contributed by atoms with Crippen LogP contribution in [-0.4, -0.2) is 16.4 Å². The van der Waals surface area contributed by atoms with Crippen molar-refractivity contribution in [3.8, 4) is 0 Å². The maximum absolute atomic E-state index is 4.35. The van der Waals surface area contributed by atoms with E-state index in [0.29, 0.717) is 0 Å². The first-order valence-corrected chi connectivity index (χ1v) is 4.49. The fraction of sp³-hybridized carbons (Fsp3) is 0.300. The summed E-state index contributed by atoms with van der Waals surface area (Å²) in [6, 6.07) is 4.08. The summed E-state index contributed by atoms with van der Waals surface area (Å²) in [5.74, 6) is 1.10. The fourth-order valence-electron chi connectivity index (χ4n) is 1.55. The Morgan fingerprint density at radius 1 is 1.54 bits per heavy atom. The van der Waals surface area contributed by atoms with Crippen LogP contribution in [0.3, 0.4) is 0 Å². The van der Waals surface area contributed by atoms with Gasteiger partial charge < -0.3 is 9.72 Å². The first-order chi connectivity index (χ1) is 6.36. The molecule has 0 spiro atoms. The highest BCUT2D eigenvalue weighted by atomic mass is 15.0. The van der Waals surface area contributed by atoms with E-state index in [9.17, 15) is 0 Å². The van der Waals surface area contributed by atoms with Gasteiger partial charge in [-0.15, -0.1) is 0 Å². The molecule has 0 aliphatic rings. The smallest absolute Gasteiger partial charge is 0.112 e. The molecular weight excluding hydrogens is 162 g/mol. The number of rotatable bonds is 2. The number of imidazole rings is 1. The van der Waals surface area contributed by atoms with Crippen LogP contribution in [0.5, 0.6) is 0 Å². The minimum Gasteiger partial charge on any atom is -0.386 e. The first-order valence-electron chi connectivity index (χ1n) is 4.49. The van der Waals surface area contributed by atoms with Crippen molar-refractivity contribution in [2.45, 2.75) is 13.3 Å². The number of aromatic nitrogens is 2. The number of pyridine rings is 1. The molecule has 0 unspecified atom stereocenters. The summed E-state index contributed by atoms with van der Waals surface area (Å²) in [5.41, 5.74) is 2.26. The topological polar surface area (TPSA) is 29.3 Å². The van der Waals surface area contributed by atoms with Crippen LogP contribution in [0.1, 0.15) is 12.7 Å². The molecule has 13 heavy (non-hydrogen) atoms. The summed E-state index contributed by atoms with van der Waals surface area (Å²) in [5, 5.41) is 3.15. The highest BCUT2D eigenvalue weighted by molar-refractivity contribution is 5.71. The Morgan fingerprint density at radius 3 is 3.08 bits per heavy atom. The Morgan fingerprint density at radius 2 is 2.38 bits per heavy atom. The van der Waals surface area contributed by atoms with Gasteiger partial charge in [-0.05, 0) is 12.1 Å². The maximum atomic E-state index is 4.35. The first kappa shape index (κ1) is 8.10. The van der Waals surface area contributed by atoms with Crippen LogP contribution in [0.25, 0.3) is 5.52 Å². The molecule has 2 aromatic heterocycles. The van der Waals surface area contributed by atoms with Gasteiger partial charge in [0, 0.05) is 19.7 Å². The van der Waals surface area contributed by atoms with Crippen molar-refractivity contribution in [3.63, 3.8) is 0 Å². The van der Waals surface area contributed by atoms with E-state index in [1.165, 1.54) is 0 Å². The van der Waals surface area contributed by atoms with E-state index in [0.717, 1.165) is 23.4 Å². The number of nitrogens with zero attached hydrogens (tertiary/aromatic N) is 2. The average molecular weight is 175 g/mol. The number of hydrogen-bond donors (Lipinski definition) is 1. The zero-order valence-electron chi connectivity index (χ0n) is 7.91. The average Bonchev–Trinajstić information content (AvgIpc) is 2.60. The van der Waals surface area contributed by atoms with Crippen molar-refractivity contribution >= 4 is 11.2 Å². The minimum absolute atomic E-state index is 0.960. The standard InChI is InChI=1S/C10H13N3/c1-3-10-12-7-9-8(11-2)5-4-6-13(9)10/h4-7,11H,3H2,1-2H3. The van der Waals surface area contributed by atoms with E-state index in [4.69, 9.17) is 0 Å². The highest BCUT2D eigenvalue weighted by Crippen LogP contribution is 2.17. The molecule has 68 valence electrons. The van der Waals surface area contributed by atoms with Gasteiger partial charge in [0.15, 0.2) is 0 Å². The highest BCUT2D eigenvalue weighted by Gasteiger charge is 2.03. The Labute approximate surface area is 77.4 Å². The molecule has 0 atom stereocenters. The second kappa shape index (κ2) is 3.09. The summed E-state index contributed by atoms with van der Waals surface area (Å²) in [6.07, 6.45) is 4.91. The largest absolute Gasteiger partial charge is 0.386 e. The molecule has 0 aromatic carbocycles. The van der Waals surface area contributed by atoms with E-state index in [1.807, 2.05) is 25.5 Å². The lowest BCUT2D eigenvalue weighted by molar-refractivity contribution is 0.934. The number of nitrogens with one attached hydrogen (secondary N) is 1. The van der Waals surface area contributed by atoms with Crippen molar-refractivity contribution < 1.29 is 0 Å². The molecule has 0 aliphatic heterocycles. The van der Waals surface area contributed by atoms with E-state index >= 15 is 0 Å². The molecule has 0 amide bonds. The minimum atomic E-state index is 0.960. The zero-order chi connectivity index (χ0) is 9.26. The Kier molecular flexibility index (Phi) is 1.93. The van der Waals surface area contributed by atoms with Crippen molar-refractivity contribution in [3.05, 3.63) is 30.4 Å². The molecule has 0 fully saturated rings. The van der Waals surface area contributed by atoms with Gasteiger partial charge in [-0.2, -0.15) is 0 Å². The fourth-order valence-corrected chi connectivity index (χ4v) is 1.55. The normalized spacial score (nSPS) is 10.6. The van der Waals surface area contributed by atoms with Crippen LogP contribution >= 0.6 is 0 Å². The number of fused-ring (bicyclic) bond motifs is 1. The van der Waals surface area contributed by atoms with Gasteiger partial charge in [0.1, 0.15) is 5.82 Å². The van der Waals surface area contributed by atoms with Crippen LogP contribution in [0.4, 0.5) is 5.69 Å². The Balaban J connectivity index is 2.72. The quantitative estimate of drug-likeness (QED) is 0.755. The van der Waals surface area contributed by atoms with Crippen LogP contribution in [-0.2, 0) is 6.42 Å². The zero-order valence-corrected chi connectivity index (χ0v) is 7.91. The van der Waals surface area contributed by atoms with Gasteiger partial charge in [0.25, 0.3) is 0 Å². The molecular formula is C10H13N3. The summed E-state index contributed by atoms with van der Waals surface area (Å²) in [4.78, 5) is 4.35. The van der Waals surface area contributed by atoms with Crippen LogP contribution in [0, 0.1) is 0 Å². The van der Waals surface area contributed by atoms with Crippen molar-refractivity contribution in [1.29, 1.82) is 0 Å². The second-order valence-corrected chi connectivity index (χ2v) is 2.96. The molecule has 0 saturated heterocycles. The van der Waals surface area contributed by atoms with Crippen LogP contribution in [0.15, 0.2) is 24.5 Å². The van der Waals surface area contributed by atoms with E-state index in [2.05, 4.69) is 27.7 Å². The third-order valence-electron chi connectivity index (χ3n) is 2.23. The van der Waals surface area contributed by atoms with Crippen LogP contribution < -0.4 is 5.32 Å². The van der Waals surface area contributed by atoms with Crippen molar-refractivity contribution in [2.75, 3.05) is 12.4 Å². The van der Waals surface area contributed by atoms with Gasteiger partial charge in [-0.3, -0.25) is 0 Å². The molecule has 3 heteroatoms. The molecule has 0 bridgehead atoms. The predicted molar refractivity (Wildman–Crippen MR) is 54.1 cm³/mol. The molecule has 1 N–H and O–H groups in total. The SMILES string of the molecule is CCc1ncc2c(NC)cccn12. The summed E-state index contributed by atoms with van der Waals surface area (Å²) >= 11 is 0. The molecule has 0 radical (unpaired) electrons. The molecule has 0 aliphatic carbocycles.